The van der Waals surface area contributed by atoms with Gasteiger partial charge in [0.25, 0.3) is 0 Å². The molecule has 6 aromatic rings. The largest absolute Gasteiger partial charge is 0.493 e. The van der Waals surface area contributed by atoms with E-state index in [0.29, 0.717) is 37.0 Å². The van der Waals surface area contributed by atoms with Crippen molar-refractivity contribution in [2.75, 3.05) is 13.2 Å². The SMILES string of the molecule is O=C(O)c1ccc(OCCc2c(COC/C=C/c3ccccc3)n(C(c3ccccc3)c3ccccc3)c3ccc(Cl)cc23)cc1. The summed E-state index contributed by atoms with van der Waals surface area (Å²) in [5, 5.41) is 11.0. The topological polar surface area (TPSA) is 60.7 Å². The highest BCUT2D eigenvalue weighted by molar-refractivity contribution is 6.31. The average molecular weight is 628 g/mol. The predicted octanol–water partition coefficient (Wildman–Crippen LogP) is 9.48. The highest BCUT2D eigenvalue weighted by Crippen LogP contribution is 2.38. The molecule has 0 atom stereocenters. The Labute approximate surface area is 273 Å². The van der Waals surface area contributed by atoms with Crippen molar-refractivity contribution in [3.05, 3.63) is 178 Å². The molecule has 5 aromatic carbocycles. The fourth-order valence-corrected chi connectivity index (χ4v) is 6.01. The van der Waals surface area contributed by atoms with Crippen LogP contribution in [-0.4, -0.2) is 28.9 Å². The molecule has 0 bridgehead atoms. The summed E-state index contributed by atoms with van der Waals surface area (Å²) in [5.41, 5.74) is 6.87. The van der Waals surface area contributed by atoms with Crippen LogP contribution in [0.1, 0.15) is 44.3 Å². The van der Waals surface area contributed by atoms with Crippen molar-refractivity contribution in [2.24, 2.45) is 0 Å². The van der Waals surface area contributed by atoms with Crippen LogP contribution in [-0.2, 0) is 17.8 Å². The Morgan fingerprint density at radius 2 is 1.43 bits per heavy atom. The van der Waals surface area contributed by atoms with Gasteiger partial charge in [0.1, 0.15) is 5.75 Å². The van der Waals surface area contributed by atoms with Crippen LogP contribution in [0.5, 0.6) is 5.75 Å². The Bertz CT molecular complexity index is 1880. The lowest BCUT2D eigenvalue weighted by Gasteiger charge is -2.25. The minimum Gasteiger partial charge on any atom is -0.493 e. The van der Waals surface area contributed by atoms with Crippen LogP contribution in [0.3, 0.4) is 0 Å². The maximum atomic E-state index is 11.3. The number of aromatic nitrogens is 1. The summed E-state index contributed by atoms with van der Waals surface area (Å²) < 4.78 is 14.9. The van der Waals surface area contributed by atoms with Gasteiger partial charge < -0.3 is 19.1 Å². The number of aromatic carboxylic acids is 1. The summed E-state index contributed by atoms with van der Waals surface area (Å²) in [6.07, 6.45) is 4.70. The van der Waals surface area contributed by atoms with Crippen molar-refractivity contribution in [1.82, 2.24) is 4.57 Å². The van der Waals surface area contributed by atoms with E-state index < -0.39 is 5.97 Å². The van der Waals surface area contributed by atoms with Crippen molar-refractivity contribution in [2.45, 2.75) is 19.1 Å². The summed E-state index contributed by atoms with van der Waals surface area (Å²) in [6.45, 7) is 1.22. The number of hydrogen-bond acceptors (Lipinski definition) is 3. The smallest absolute Gasteiger partial charge is 0.335 e. The van der Waals surface area contributed by atoms with Gasteiger partial charge in [-0.15, -0.1) is 0 Å². The van der Waals surface area contributed by atoms with Crippen molar-refractivity contribution in [1.29, 1.82) is 0 Å². The molecule has 0 fully saturated rings. The normalized spacial score (nSPS) is 11.4. The molecule has 1 aromatic heterocycles. The first kappa shape index (κ1) is 30.9. The van der Waals surface area contributed by atoms with Crippen molar-refractivity contribution < 1.29 is 19.4 Å². The third kappa shape index (κ3) is 7.23. The van der Waals surface area contributed by atoms with E-state index in [1.54, 1.807) is 24.3 Å². The summed E-state index contributed by atoms with van der Waals surface area (Å²) in [6, 6.07) is 43.6. The van der Waals surface area contributed by atoms with E-state index in [1.165, 1.54) is 0 Å². The van der Waals surface area contributed by atoms with E-state index in [9.17, 15) is 9.90 Å². The molecular weight excluding hydrogens is 594 g/mol. The lowest BCUT2D eigenvalue weighted by molar-refractivity contribution is 0.0697. The van der Waals surface area contributed by atoms with Crippen LogP contribution in [0.4, 0.5) is 0 Å². The van der Waals surface area contributed by atoms with Crippen molar-refractivity contribution in [3.63, 3.8) is 0 Å². The lowest BCUT2D eigenvalue weighted by atomic mass is 9.98. The standard InChI is InChI=1S/C40H34ClNO4/c41-33-20-23-37-36(27-33)35(24-26-46-34-21-18-32(19-22-34)40(43)44)38(28-45-25-10-13-29-11-4-1-5-12-29)42(37)39(30-14-6-2-7-15-30)31-16-8-3-9-17-31/h1-23,27,39H,24-26,28H2,(H,43,44)/b13-10+. The highest BCUT2D eigenvalue weighted by atomic mass is 35.5. The van der Waals surface area contributed by atoms with Gasteiger partial charge in [0.15, 0.2) is 0 Å². The quantitative estimate of drug-likeness (QED) is 0.130. The molecule has 46 heavy (non-hydrogen) atoms. The fourth-order valence-electron chi connectivity index (χ4n) is 5.83. The Balaban J connectivity index is 1.39. The zero-order valence-electron chi connectivity index (χ0n) is 25.3. The number of benzene rings is 5. The zero-order chi connectivity index (χ0) is 31.7. The van der Waals surface area contributed by atoms with Gasteiger partial charge >= 0.3 is 5.97 Å². The summed E-state index contributed by atoms with van der Waals surface area (Å²) >= 11 is 6.61. The second-order valence-corrected chi connectivity index (χ2v) is 11.4. The predicted molar refractivity (Wildman–Crippen MR) is 185 cm³/mol. The fraction of sp³-hybridized carbons (Fsp3) is 0.125. The molecule has 0 unspecified atom stereocenters. The minimum absolute atomic E-state index is 0.109. The number of carbonyl (C=O) groups is 1. The third-order valence-corrected chi connectivity index (χ3v) is 8.19. The number of carboxylic acid groups (broad SMARTS) is 1. The molecule has 0 aliphatic heterocycles. The number of nitrogens with zero attached hydrogens (tertiary/aromatic N) is 1. The van der Waals surface area contributed by atoms with Crippen LogP contribution in [0.15, 0.2) is 140 Å². The van der Waals surface area contributed by atoms with E-state index in [1.807, 2.05) is 48.5 Å². The van der Waals surface area contributed by atoms with E-state index >= 15 is 0 Å². The van der Waals surface area contributed by atoms with Crippen LogP contribution in [0.25, 0.3) is 17.0 Å². The van der Waals surface area contributed by atoms with Gasteiger partial charge in [-0.25, -0.2) is 4.79 Å². The molecule has 5 nitrogen and oxygen atoms in total. The first-order chi connectivity index (χ1) is 22.6. The van der Waals surface area contributed by atoms with E-state index in [0.717, 1.165) is 38.9 Å². The van der Waals surface area contributed by atoms with Crippen molar-refractivity contribution in [3.8, 4) is 5.75 Å². The summed E-state index contributed by atoms with van der Waals surface area (Å²) in [5.74, 6) is -0.354. The Morgan fingerprint density at radius 3 is 2.07 bits per heavy atom. The van der Waals surface area contributed by atoms with E-state index in [4.69, 9.17) is 21.1 Å². The first-order valence-corrected chi connectivity index (χ1v) is 15.6. The number of rotatable bonds is 13. The van der Waals surface area contributed by atoms with E-state index in [2.05, 4.69) is 77.4 Å². The molecule has 6 heteroatoms. The number of halogens is 1. The highest BCUT2D eigenvalue weighted by Gasteiger charge is 2.25. The van der Waals surface area contributed by atoms with Gasteiger partial charge in [-0.3, -0.25) is 0 Å². The molecule has 0 radical (unpaired) electrons. The molecule has 0 amide bonds. The molecule has 1 N–H and O–H groups in total. The van der Waals surface area contributed by atoms with Gasteiger partial charge in [-0.1, -0.05) is 115 Å². The van der Waals surface area contributed by atoms with Crippen LogP contribution < -0.4 is 4.74 Å². The molecule has 1 heterocycles. The molecule has 0 spiro atoms. The average Bonchev–Trinajstić information content (AvgIpc) is 3.38. The molecular formula is C40H34ClNO4. The van der Waals surface area contributed by atoms with Gasteiger partial charge in [-0.05, 0) is 64.7 Å². The lowest BCUT2D eigenvalue weighted by Crippen LogP contribution is -2.17. The molecule has 0 saturated heterocycles. The maximum absolute atomic E-state index is 11.3. The molecule has 0 aliphatic carbocycles. The number of fused-ring (bicyclic) bond motifs is 1. The molecule has 230 valence electrons. The third-order valence-electron chi connectivity index (χ3n) is 7.96. The van der Waals surface area contributed by atoms with Gasteiger partial charge in [0.05, 0.1) is 31.4 Å². The number of hydrogen-bond donors (Lipinski definition) is 1. The van der Waals surface area contributed by atoms with Crippen LogP contribution in [0, 0.1) is 0 Å². The Hall–Kier alpha value is -5.10. The summed E-state index contributed by atoms with van der Waals surface area (Å²) in [4.78, 5) is 11.3. The monoisotopic (exact) mass is 627 g/mol. The van der Waals surface area contributed by atoms with E-state index in [-0.39, 0.29) is 11.6 Å². The number of carboxylic acids is 1. The minimum atomic E-state index is -0.967. The molecule has 0 aliphatic rings. The Morgan fingerprint density at radius 1 is 0.804 bits per heavy atom. The second kappa shape index (κ2) is 14.8. The van der Waals surface area contributed by atoms with Gasteiger partial charge in [0, 0.05) is 28.0 Å². The maximum Gasteiger partial charge on any atom is 0.335 e. The second-order valence-electron chi connectivity index (χ2n) is 10.9. The van der Waals surface area contributed by atoms with Gasteiger partial charge in [0.2, 0.25) is 0 Å². The first-order valence-electron chi connectivity index (χ1n) is 15.2. The van der Waals surface area contributed by atoms with Crippen LogP contribution in [0.2, 0.25) is 5.02 Å². The summed E-state index contributed by atoms with van der Waals surface area (Å²) in [7, 11) is 0. The molecule has 6 rings (SSSR count). The van der Waals surface area contributed by atoms with Gasteiger partial charge in [-0.2, -0.15) is 0 Å². The van der Waals surface area contributed by atoms with Crippen molar-refractivity contribution >= 4 is 34.5 Å². The zero-order valence-corrected chi connectivity index (χ0v) is 26.0. The Kier molecular flexibility index (Phi) is 9.93. The molecule has 0 saturated carbocycles. The van der Waals surface area contributed by atoms with Crippen LogP contribution >= 0.6 is 11.6 Å². The number of ether oxygens (including phenoxy) is 2.